The van der Waals surface area contributed by atoms with E-state index in [1.54, 1.807) is 0 Å². The summed E-state index contributed by atoms with van der Waals surface area (Å²) in [6.07, 6.45) is 0.647. The Hall–Kier alpha value is -1.06. The second-order valence-corrected chi connectivity index (χ2v) is 6.94. The number of carbonyl (C=O) groups excluding carboxylic acids is 1. The van der Waals surface area contributed by atoms with E-state index >= 15 is 0 Å². The van der Waals surface area contributed by atoms with Gasteiger partial charge in [0.05, 0.1) is 0 Å². The van der Waals surface area contributed by atoms with Gasteiger partial charge in [-0.1, -0.05) is 44.2 Å². The van der Waals surface area contributed by atoms with Crippen LogP contribution in [0.2, 0.25) is 0 Å². The number of nitrogens with one attached hydrogen (secondary N) is 1. The molecule has 122 valence electrons. The van der Waals surface area contributed by atoms with Gasteiger partial charge in [-0.15, -0.1) is 12.4 Å². The van der Waals surface area contributed by atoms with E-state index in [0.29, 0.717) is 36.0 Å². The van der Waals surface area contributed by atoms with Crippen LogP contribution in [0.1, 0.15) is 31.7 Å². The molecule has 1 unspecified atom stereocenters. The Balaban J connectivity index is 0.00000176. The summed E-state index contributed by atoms with van der Waals surface area (Å²) in [6.45, 7) is 8.51. The van der Waals surface area contributed by atoms with Crippen molar-refractivity contribution in [2.45, 2.75) is 26.2 Å². The molecule has 0 spiro atoms. The third-order valence-corrected chi connectivity index (χ3v) is 5.17. The van der Waals surface area contributed by atoms with E-state index in [2.05, 4.69) is 48.3 Å². The molecule has 0 aromatic heterocycles. The maximum atomic E-state index is 12.7. The summed E-state index contributed by atoms with van der Waals surface area (Å²) in [5, 5.41) is 3.43. The van der Waals surface area contributed by atoms with E-state index in [1.165, 1.54) is 5.56 Å². The van der Waals surface area contributed by atoms with Gasteiger partial charge in [-0.25, -0.2) is 0 Å². The number of rotatable bonds is 4. The lowest BCUT2D eigenvalue weighted by Gasteiger charge is -2.25. The van der Waals surface area contributed by atoms with Crippen molar-refractivity contribution in [3.05, 3.63) is 35.9 Å². The predicted molar refractivity (Wildman–Crippen MR) is 92.3 cm³/mol. The van der Waals surface area contributed by atoms with Crippen LogP contribution in [0.4, 0.5) is 0 Å². The monoisotopic (exact) mass is 322 g/mol. The minimum absolute atomic E-state index is 0. The molecule has 3 nitrogen and oxygen atoms in total. The van der Waals surface area contributed by atoms with Crippen LogP contribution in [0.25, 0.3) is 0 Å². The number of halogens is 1. The van der Waals surface area contributed by atoms with Gasteiger partial charge >= 0.3 is 0 Å². The summed E-state index contributed by atoms with van der Waals surface area (Å²) in [5.74, 6) is 2.52. The quantitative estimate of drug-likeness (QED) is 0.924. The fraction of sp³-hybridized carbons (Fsp3) is 0.611. The van der Waals surface area contributed by atoms with Crippen molar-refractivity contribution in [2.75, 3.05) is 26.2 Å². The lowest BCUT2D eigenvalue weighted by atomic mass is 9.85. The zero-order valence-electron chi connectivity index (χ0n) is 13.5. The molecule has 0 bridgehead atoms. The van der Waals surface area contributed by atoms with E-state index in [4.69, 9.17) is 0 Å². The lowest BCUT2D eigenvalue weighted by Crippen LogP contribution is -2.33. The topological polar surface area (TPSA) is 32.3 Å². The largest absolute Gasteiger partial charge is 0.342 e. The molecule has 1 amide bonds. The molecule has 1 aromatic carbocycles. The highest BCUT2D eigenvalue weighted by Crippen LogP contribution is 2.31. The Kier molecular flexibility index (Phi) is 5.87. The third kappa shape index (κ3) is 3.64. The average Bonchev–Trinajstić information content (AvgIpc) is 3.06. The standard InChI is InChI=1S/C18H26N2O.ClH/c1-13(2)17(14-6-4-3-5-7-14)8-18(21)20-11-15-9-19-10-16(15)12-20;/h3-7,13,15-17,19H,8-12H2,1-2H3;1H/t15-,16+,17?;. The van der Waals surface area contributed by atoms with Crippen LogP contribution in [-0.4, -0.2) is 37.0 Å². The van der Waals surface area contributed by atoms with Crippen LogP contribution in [0.5, 0.6) is 0 Å². The molecule has 0 radical (unpaired) electrons. The number of amides is 1. The minimum Gasteiger partial charge on any atom is -0.342 e. The molecule has 2 heterocycles. The van der Waals surface area contributed by atoms with Crippen LogP contribution in [0.3, 0.4) is 0 Å². The van der Waals surface area contributed by atoms with E-state index in [9.17, 15) is 4.79 Å². The summed E-state index contributed by atoms with van der Waals surface area (Å²) in [7, 11) is 0. The van der Waals surface area contributed by atoms with Gasteiger partial charge in [0, 0.05) is 32.6 Å². The molecule has 3 atom stereocenters. The zero-order chi connectivity index (χ0) is 14.8. The number of hydrogen-bond donors (Lipinski definition) is 1. The number of carbonyl (C=O) groups is 1. The molecule has 0 saturated carbocycles. The second kappa shape index (κ2) is 7.47. The first kappa shape index (κ1) is 17.3. The normalized spacial score (nSPS) is 25.0. The van der Waals surface area contributed by atoms with Gasteiger partial charge in [0.1, 0.15) is 0 Å². The van der Waals surface area contributed by atoms with E-state index < -0.39 is 0 Å². The molecule has 1 N–H and O–H groups in total. The molecule has 2 aliphatic rings. The van der Waals surface area contributed by atoms with Gasteiger partial charge < -0.3 is 10.2 Å². The highest BCUT2D eigenvalue weighted by atomic mass is 35.5. The molecule has 2 aliphatic heterocycles. The van der Waals surface area contributed by atoms with Crippen LogP contribution in [0.15, 0.2) is 30.3 Å². The number of nitrogens with zero attached hydrogens (tertiary/aromatic N) is 1. The van der Waals surface area contributed by atoms with E-state index in [0.717, 1.165) is 26.2 Å². The first-order chi connectivity index (χ1) is 10.1. The van der Waals surface area contributed by atoms with Gasteiger partial charge in [0.2, 0.25) is 5.91 Å². The highest BCUT2D eigenvalue weighted by Gasteiger charge is 2.38. The van der Waals surface area contributed by atoms with Crippen molar-refractivity contribution in [2.24, 2.45) is 17.8 Å². The maximum absolute atomic E-state index is 12.7. The highest BCUT2D eigenvalue weighted by molar-refractivity contribution is 5.85. The molecule has 2 fully saturated rings. The van der Waals surface area contributed by atoms with Crippen LogP contribution < -0.4 is 5.32 Å². The molecular formula is C18H27ClN2O. The van der Waals surface area contributed by atoms with Gasteiger partial charge in [0.15, 0.2) is 0 Å². The minimum atomic E-state index is 0. The van der Waals surface area contributed by atoms with Crippen LogP contribution >= 0.6 is 12.4 Å². The Morgan fingerprint density at radius 1 is 1.18 bits per heavy atom. The summed E-state index contributed by atoms with van der Waals surface area (Å²) in [4.78, 5) is 14.8. The summed E-state index contributed by atoms with van der Waals surface area (Å²) < 4.78 is 0. The van der Waals surface area contributed by atoms with Gasteiger partial charge in [0.25, 0.3) is 0 Å². The zero-order valence-corrected chi connectivity index (χ0v) is 14.3. The van der Waals surface area contributed by atoms with Crippen LogP contribution in [0, 0.1) is 17.8 Å². The second-order valence-electron chi connectivity index (χ2n) is 6.94. The van der Waals surface area contributed by atoms with Gasteiger partial charge in [-0.2, -0.15) is 0 Å². The van der Waals surface area contributed by atoms with E-state index in [1.807, 2.05) is 6.07 Å². The summed E-state index contributed by atoms with van der Waals surface area (Å²) in [5.41, 5.74) is 1.29. The molecular weight excluding hydrogens is 296 g/mol. The Morgan fingerprint density at radius 2 is 1.77 bits per heavy atom. The van der Waals surface area contributed by atoms with Crippen molar-refractivity contribution >= 4 is 18.3 Å². The number of likely N-dealkylation sites (tertiary alicyclic amines) is 1. The maximum Gasteiger partial charge on any atom is 0.223 e. The Labute approximate surface area is 139 Å². The number of benzene rings is 1. The van der Waals surface area contributed by atoms with Crippen molar-refractivity contribution in [1.29, 1.82) is 0 Å². The average molecular weight is 323 g/mol. The first-order valence-corrected chi connectivity index (χ1v) is 8.18. The summed E-state index contributed by atoms with van der Waals surface area (Å²) >= 11 is 0. The molecule has 4 heteroatoms. The van der Waals surface area contributed by atoms with Crippen molar-refractivity contribution in [3.63, 3.8) is 0 Å². The fourth-order valence-electron chi connectivity index (χ4n) is 3.81. The Morgan fingerprint density at radius 3 is 2.32 bits per heavy atom. The molecule has 3 rings (SSSR count). The fourth-order valence-corrected chi connectivity index (χ4v) is 3.81. The number of hydrogen-bond acceptors (Lipinski definition) is 2. The molecule has 22 heavy (non-hydrogen) atoms. The number of fused-ring (bicyclic) bond motifs is 1. The molecule has 0 aliphatic carbocycles. The van der Waals surface area contributed by atoms with Crippen molar-refractivity contribution < 1.29 is 4.79 Å². The molecule has 2 saturated heterocycles. The SMILES string of the molecule is CC(C)C(CC(=O)N1C[C@H]2CNC[C@H]2C1)c1ccccc1.Cl. The Bertz CT molecular complexity index is 479. The predicted octanol–water partition coefficient (Wildman–Crippen LogP) is 2.92. The summed E-state index contributed by atoms with van der Waals surface area (Å²) in [6, 6.07) is 10.5. The van der Waals surface area contributed by atoms with E-state index in [-0.39, 0.29) is 12.4 Å². The van der Waals surface area contributed by atoms with Gasteiger partial charge in [-0.3, -0.25) is 4.79 Å². The van der Waals surface area contributed by atoms with Gasteiger partial charge in [-0.05, 0) is 29.2 Å². The van der Waals surface area contributed by atoms with Crippen molar-refractivity contribution in [3.8, 4) is 0 Å². The first-order valence-electron chi connectivity index (χ1n) is 8.18. The third-order valence-electron chi connectivity index (χ3n) is 5.17. The van der Waals surface area contributed by atoms with Crippen LogP contribution in [-0.2, 0) is 4.79 Å². The molecule has 1 aromatic rings. The van der Waals surface area contributed by atoms with Crippen molar-refractivity contribution in [1.82, 2.24) is 10.2 Å². The lowest BCUT2D eigenvalue weighted by molar-refractivity contribution is -0.131. The smallest absolute Gasteiger partial charge is 0.223 e.